The molecule has 0 atom stereocenters. The summed E-state index contributed by atoms with van der Waals surface area (Å²) >= 11 is 0. The molecule has 36 heteroatoms. The first-order valence-corrected chi connectivity index (χ1v) is 7.10. The van der Waals surface area contributed by atoms with Crippen molar-refractivity contribution in [3.63, 3.8) is 0 Å². The van der Waals surface area contributed by atoms with E-state index in [1.807, 2.05) is 0 Å². The quantitative estimate of drug-likeness (QED) is 0.211. The van der Waals surface area contributed by atoms with E-state index in [9.17, 15) is 0 Å². The molecule has 15 N–H and O–H groups in total. The van der Waals surface area contributed by atoms with Gasteiger partial charge in [0.05, 0.1) is 0 Å². The fourth-order valence-corrected chi connectivity index (χ4v) is 0. The van der Waals surface area contributed by atoms with E-state index in [2.05, 4.69) is 0 Å². The minimum absolute atomic E-state index is 0. The molecule has 0 aliphatic rings. The standard InChI is InChI=1S/15CHN2.3Fe.3Na.3H/c15*2-1-3;;;;;;;;;/h15*2H;;;;;;;;;/q15*-1;3*+5;3*+1;3*-1. The number of hydrogen-bond acceptors (Lipinski definition) is 15. The molecule has 0 heterocycles. The van der Waals surface area contributed by atoms with Crippen molar-refractivity contribution in [2.75, 3.05) is 0 Å². The van der Waals surface area contributed by atoms with Crippen LogP contribution in [0.15, 0.2) is 0 Å². The summed E-state index contributed by atoms with van der Waals surface area (Å²) in [5.41, 5.74) is 82.7. The van der Waals surface area contributed by atoms with Crippen molar-refractivity contribution in [2.24, 2.45) is 0 Å². The van der Waals surface area contributed by atoms with Gasteiger partial charge in [0, 0.05) is 0 Å². The zero-order chi connectivity index (χ0) is 40.6. The molecule has 0 bridgehead atoms. The van der Waals surface area contributed by atoms with E-state index in [0.29, 0.717) is 0 Å². The van der Waals surface area contributed by atoms with E-state index in [-0.39, 0.29) is 144 Å². The fraction of sp³-hybridized carbons (Fsp3) is 0. The number of nitrogens with one attached hydrogen (secondary N) is 15. The van der Waals surface area contributed by atoms with Gasteiger partial charge in [-0.25, -0.2) is 0 Å². The van der Waals surface area contributed by atoms with Crippen LogP contribution in [0, 0.1) is 172 Å². The third-order valence-electron chi connectivity index (χ3n) is 0. The van der Waals surface area contributed by atoms with Gasteiger partial charge in [0.25, 0.3) is 0 Å². The predicted octanol–water partition coefficient (Wildman–Crippen LogP) is -0.863. The maximum atomic E-state index is 6.99. The van der Waals surface area contributed by atoms with E-state index in [1.54, 1.807) is 0 Å². The molecule has 0 aromatic carbocycles. The topological polar surface area (TPSA) is 714 Å². The SMILES string of the molecule is N#C[NH-].N#C[NH-].N#C[NH-].N#C[NH-].N#C[NH-].N#C[NH-].N#C[NH-].N#C[NH-].N#C[NH-].N#C[NH-].N#C[NH-].N#C[NH-].N#C[NH-].N#C[NH-].N#C[NH-].[Fe+5].[Fe+5].[Fe+5].[H-].[H-].[H-].[Na+].[Na+].[Na+]. The number of rotatable bonds is 0. The van der Waals surface area contributed by atoms with E-state index in [1.165, 1.54) is 0 Å². The van der Waals surface area contributed by atoms with Crippen molar-refractivity contribution >= 4 is 0 Å². The molecule has 30 nitrogen and oxygen atoms in total. The van der Waals surface area contributed by atoms with Crippen LogP contribution >= 0.6 is 0 Å². The van der Waals surface area contributed by atoms with E-state index >= 15 is 0 Å². The second-order valence-electron chi connectivity index (χ2n) is 1.68. The molecule has 255 valence electrons. The van der Waals surface area contributed by atoms with Crippen LogP contribution in [0.4, 0.5) is 0 Å². The number of nitrogens with zero attached hydrogens (tertiary/aromatic N) is 15. The Hall–Kier alpha value is -6.09. The average Bonchev–Trinajstić information content (AvgIpc) is 2.91. The van der Waals surface area contributed by atoms with Crippen molar-refractivity contribution in [3.8, 4) is 92.9 Å². The summed E-state index contributed by atoms with van der Waals surface area (Å²) in [7, 11) is 0. The van der Waals surface area contributed by atoms with Crippen LogP contribution < -0.4 is 88.7 Å². The molecule has 0 fully saturated rings. The number of hydrogen-bond donors (Lipinski definition) is 0. The van der Waals surface area contributed by atoms with Gasteiger partial charge < -0.3 is 169 Å². The Labute approximate surface area is 397 Å². The molecular formula is C15H18Fe3N30Na3. The third-order valence-corrected chi connectivity index (χ3v) is 0. The van der Waals surface area contributed by atoms with Gasteiger partial charge in [0.2, 0.25) is 0 Å². The van der Waals surface area contributed by atoms with Crippen LogP contribution in [0.2, 0.25) is 0 Å². The molecule has 0 saturated heterocycles. The molecule has 0 rings (SSSR count). The van der Waals surface area contributed by atoms with Gasteiger partial charge in [0.15, 0.2) is 0 Å². The molecule has 0 aromatic heterocycles. The van der Waals surface area contributed by atoms with Crippen LogP contribution in [0.25, 0.3) is 86.0 Å². The summed E-state index contributed by atoms with van der Waals surface area (Å²) < 4.78 is 0. The monoisotopic (exact) mass is 855 g/mol. The smallest absolute Gasteiger partial charge is 1.00 e. The van der Waals surface area contributed by atoms with Crippen LogP contribution in [0.3, 0.4) is 0 Å². The predicted molar refractivity (Wildman–Crippen MR) is 152 cm³/mol. The van der Waals surface area contributed by atoms with Gasteiger partial charge in [-0.1, -0.05) is 92.9 Å². The first-order valence-electron chi connectivity index (χ1n) is 7.10. The summed E-state index contributed by atoms with van der Waals surface area (Å²) in [6.45, 7) is 0. The Morgan fingerprint density at radius 1 is 0.176 bits per heavy atom. The molecular weight excluding hydrogens is 837 g/mol. The van der Waals surface area contributed by atoms with Crippen molar-refractivity contribution in [1.82, 2.24) is 0 Å². The fourth-order valence-electron chi connectivity index (χ4n) is 0. The second-order valence-corrected chi connectivity index (χ2v) is 1.68. The first kappa shape index (κ1) is 151. The van der Waals surface area contributed by atoms with Crippen LogP contribution in [-0.2, 0) is 51.2 Å². The van der Waals surface area contributed by atoms with Crippen LogP contribution in [0.1, 0.15) is 4.28 Å². The van der Waals surface area contributed by atoms with E-state index < -0.39 is 0 Å². The minimum atomic E-state index is 0. The Bertz CT molecular complexity index is 765. The first-order chi connectivity index (χ1) is 21.2. The molecule has 0 saturated carbocycles. The van der Waals surface area contributed by atoms with E-state index in [0.717, 1.165) is 92.9 Å². The zero-order valence-corrected chi connectivity index (χ0v) is 35.1. The van der Waals surface area contributed by atoms with E-state index in [4.69, 9.17) is 165 Å². The largest absolute Gasteiger partial charge is 5.00 e. The summed E-state index contributed by atoms with van der Waals surface area (Å²) in [5.74, 6) is 0. The maximum Gasteiger partial charge on any atom is 5.00 e. The van der Waals surface area contributed by atoms with Gasteiger partial charge in [-0.2, -0.15) is 0 Å². The Kier molecular flexibility index (Phi) is 3030. The molecule has 0 spiro atoms. The Morgan fingerprint density at radius 3 is 0.176 bits per heavy atom. The Balaban J connectivity index is -0.00000000802. The van der Waals surface area contributed by atoms with Crippen molar-refractivity contribution in [2.45, 2.75) is 0 Å². The summed E-state index contributed by atoms with van der Waals surface area (Å²) in [6.07, 6.45) is 15.0. The summed E-state index contributed by atoms with van der Waals surface area (Å²) in [6, 6.07) is 0. The molecule has 0 aliphatic heterocycles. The summed E-state index contributed by atoms with van der Waals surface area (Å²) in [4.78, 5) is 0. The van der Waals surface area contributed by atoms with Crippen molar-refractivity contribution in [1.29, 1.82) is 78.9 Å². The van der Waals surface area contributed by atoms with Gasteiger partial charge in [-0.15, -0.1) is 0 Å². The Morgan fingerprint density at radius 2 is 0.176 bits per heavy atom. The minimum Gasteiger partial charge on any atom is -1.00 e. The zero-order valence-electron chi connectivity index (χ0n) is 28.8. The molecule has 0 aliphatic carbocycles. The molecule has 51 heavy (non-hydrogen) atoms. The van der Waals surface area contributed by atoms with Crippen molar-refractivity contribution in [3.05, 3.63) is 86.0 Å². The summed E-state index contributed by atoms with van der Waals surface area (Å²) in [5, 5.41) is 105. The van der Waals surface area contributed by atoms with Gasteiger partial charge in [-0.3, -0.25) is 0 Å². The normalized spacial score (nSPS) is 2.06. The van der Waals surface area contributed by atoms with Gasteiger partial charge in [0.1, 0.15) is 0 Å². The third kappa shape index (κ3) is 2080. The molecule has 3 radical (unpaired) electrons. The molecule has 0 amide bonds. The second kappa shape index (κ2) is 1020. The van der Waals surface area contributed by atoms with Crippen LogP contribution in [0.5, 0.6) is 0 Å². The van der Waals surface area contributed by atoms with Gasteiger partial charge in [-0.05, 0) is 0 Å². The molecule has 0 aromatic rings. The average molecular weight is 855 g/mol. The van der Waals surface area contributed by atoms with Crippen LogP contribution in [-0.4, -0.2) is 0 Å². The van der Waals surface area contributed by atoms with Gasteiger partial charge >= 0.3 is 140 Å². The maximum absolute atomic E-state index is 6.99. The molecule has 0 unspecified atom stereocenters. The van der Waals surface area contributed by atoms with Crippen molar-refractivity contribution < 1.29 is 144 Å². The number of nitriles is 15.